The molecule has 0 aliphatic carbocycles. The fourth-order valence-electron chi connectivity index (χ4n) is 1.56. The third-order valence-corrected chi connectivity index (χ3v) is 2.76. The van der Waals surface area contributed by atoms with Crippen LogP contribution in [-0.4, -0.2) is 22.1 Å². The van der Waals surface area contributed by atoms with Crippen LogP contribution < -0.4 is 11.1 Å². The fraction of sp³-hybridized carbons (Fsp3) is 0.308. The number of carbonyl (C=O) groups excluding carboxylic acids is 1. The standard InChI is InChI=1S/C13H16N4O2/c1-8(2)11(14)12(18)16-10-5-3-4-9(6-10)13-17-15-7-19-13/h3-8,11H,14H2,1-2H3,(H,16,18)/t11-/m0/s1. The van der Waals surface area contributed by atoms with Gasteiger partial charge in [0.05, 0.1) is 6.04 Å². The Balaban J connectivity index is 2.14. The third-order valence-electron chi connectivity index (χ3n) is 2.76. The van der Waals surface area contributed by atoms with Crippen LogP contribution in [0.25, 0.3) is 11.5 Å². The van der Waals surface area contributed by atoms with Gasteiger partial charge in [0.25, 0.3) is 0 Å². The highest BCUT2D eigenvalue weighted by atomic mass is 16.4. The number of carbonyl (C=O) groups is 1. The molecule has 0 fully saturated rings. The average Bonchev–Trinajstić information content (AvgIpc) is 2.91. The van der Waals surface area contributed by atoms with Crippen molar-refractivity contribution in [3.05, 3.63) is 30.7 Å². The zero-order chi connectivity index (χ0) is 13.8. The maximum Gasteiger partial charge on any atom is 0.247 e. The highest BCUT2D eigenvalue weighted by Gasteiger charge is 2.17. The predicted molar refractivity (Wildman–Crippen MR) is 71.2 cm³/mol. The van der Waals surface area contributed by atoms with Gasteiger partial charge in [0.15, 0.2) is 0 Å². The Bertz CT molecular complexity index is 552. The van der Waals surface area contributed by atoms with Crippen molar-refractivity contribution in [2.45, 2.75) is 19.9 Å². The van der Waals surface area contributed by atoms with Crippen LogP contribution in [0.1, 0.15) is 13.8 Å². The Morgan fingerprint density at radius 2 is 2.21 bits per heavy atom. The van der Waals surface area contributed by atoms with E-state index in [2.05, 4.69) is 15.5 Å². The molecule has 0 radical (unpaired) electrons. The zero-order valence-corrected chi connectivity index (χ0v) is 10.8. The summed E-state index contributed by atoms with van der Waals surface area (Å²) in [6, 6.07) is 6.64. The van der Waals surface area contributed by atoms with E-state index in [0.717, 1.165) is 5.56 Å². The van der Waals surface area contributed by atoms with Crippen molar-refractivity contribution < 1.29 is 9.21 Å². The fourth-order valence-corrected chi connectivity index (χ4v) is 1.56. The van der Waals surface area contributed by atoms with Gasteiger partial charge in [-0.2, -0.15) is 0 Å². The lowest BCUT2D eigenvalue weighted by Crippen LogP contribution is -2.39. The molecule has 0 aliphatic rings. The van der Waals surface area contributed by atoms with Gasteiger partial charge in [-0.15, -0.1) is 10.2 Å². The van der Waals surface area contributed by atoms with Crippen molar-refractivity contribution in [1.82, 2.24) is 10.2 Å². The lowest BCUT2D eigenvalue weighted by Gasteiger charge is -2.15. The molecule has 0 aliphatic heterocycles. The number of nitrogens with zero attached hydrogens (tertiary/aromatic N) is 2. The Hall–Kier alpha value is -2.21. The van der Waals surface area contributed by atoms with Crippen LogP contribution in [0.4, 0.5) is 5.69 Å². The molecule has 1 atom stereocenters. The number of amides is 1. The number of benzene rings is 1. The molecule has 1 amide bonds. The summed E-state index contributed by atoms with van der Waals surface area (Å²) >= 11 is 0. The second kappa shape index (κ2) is 5.62. The lowest BCUT2D eigenvalue weighted by molar-refractivity contribution is -0.118. The number of nitrogens with two attached hydrogens (primary N) is 1. The molecular formula is C13H16N4O2. The summed E-state index contributed by atoms with van der Waals surface area (Å²) in [5, 5.41) is 10.2. The summed E-state index contributed by atoms with van der Waals surface area (Å²) in [6.45, 7) is 3.80. The second-order valence-electron chi connectivity index (χ2n) is 4.58. The molecule has 0 bridgehead atoms. The van der Waals surface area contributed by atoms with Crippen LogP contribution in [-0.2, 0) is 4.79 Å². The SMILES string of the molecule is CC(C)[C@H](N)C(=O)Nc1cccc(-c2nnco2)c1. The van der Waals surface area contributed by atoms with Crippen LogP contribution in [0, 0.1) is 5.92 Å². The summed E-state index contributed by atoms with van der Waals surface area (Å²) in [6.07, 6.45) is 1.26. The van der Waals surface area contributed by atoms with Gasteiger partial charge >= 0.3 is 0 Å². The van der Waals surface area contributed by atoms with E-state index in [-0.39, 0.29) is 11.8 Å². The number of hydrogen-bond acceptors (Lipinski definition) is 5. The van der Waals surface area contributed by atoms with Gasteiger partial charge in [-0.1, -0.05) is 19.9 Å². The molecule has 3 N–H and O–H groups in total. The maximum atomic E-state index is 11.9. The largest absolute Gasteiger partial charge is 0.423 e. The Labute approximate surface area is 111 Å². The Morgan fingerprint density at radius 1 is 1.42 bits per heavy atom. The highest BCUT2D eigenvalue weighted by Crippen LogP contribution is 2.20. The molecule has 6 nitrogen and oxygen atoms in total. The molecule has 0 saturated carbocycles. The van der Waals surface area contributed by atoms with Crippen LogP contribution >= 0.6 is 0 Å². The predicted octanol–water partition coefficient (Wildman–Crippen LogP) is 1.66. The number of rotatable bonds is 4. The van der Waals surface area contributed by atoms with Gasteiger partial charge in [0, 0.05) is 11.3 Å². The minimum absolute atomic E-state index is 0.0825. The minimum Gasteiger partial charge on any atom is -0.423 e. The summed E-state index contributed by atoms with van der Waals surface area (Å²) in [5.74, 6) is 0.279. The third kappa shape index (κ3) is 3.17. The second-order valence-corrected chi connectivity index (χ2v) is 4.58. The average molecular weight is 260 g/mol. The van der Waals surface area contributed by atoms with E-state index in [1.165, 1.54) is 6.39 Å². The van der Waals surface area contributed by atoms with E-state index in [1.54, 1.807) is 18.2 Å². The normalized spacial score (nSPS) is 12.4. The first-order valence-electron chi connectivity index (χ1n) is 6.01. The highest BCUT2D eigenvalue weighted by molar-refractivity contribution is 5.95. The summed E-state index contributed by atoms with van der Waals surface area (Å²) < 4.78 is 5.11. The molecule has 19 heavy (non-hydrogen) atoms. The molecule has 1 aromatic heterocycles. The van der Waals surface area contributed by atoms with Crippen LogP contribution in [0.5, 0.6) is 0 Å². The Morgan fingerprint density at radius 3 is 2.84 bits per heavy atom. The van der Waals surface area contributed by atoms with Gasteiger partial charge in [0.1, 0.15) is 0 Å². The molecule has 100 valence electrons. The molecule has 6 heteroatoms. The summed E-state index contributed by atoms with van der Waals surface area (Å²) in [7, 11) is 0. The van der Waals surface area contributed by atoms with Crippen molar-refractivity contribution in [2.24, 2.45) is 11.7 Å². The molecular weight excluding hydrogens is 244 g/mol. The lowest BCUT2D eigenvalue weighted by atomic mass is 10.0. The van der Waals surface area contributed by atoms with Crippen molar-refractivity contribution >= 4 is 11.6 Å². The monoisotopic (exact) mass is 260 g/mol. The van der Waals surface area contributed by atoms with E-state index in [1.807, 2.05) is 19.9 Å². The molecule has 0 saturated heterocycles. The van der Waals surface area contributed by atoms with Gasteiger partial charge in [-0.25, -0.2) is 0 Å². The molecule has 2 rings (SSSR count). The van der Waals surface area contributed by atoms with Gasteiger partial charge in [-0.3, -0.25) is 4.79 Å². The van der Waals surface area contributed by atoms with Gasteiger partial charge in [0.2, 0.25) is 18.2 Å². The molecule has 0 unspecified atom stereocenters. The Kier molecular flexibility index (Phi) is 3.91. The van der Waals surface area contributed by atoms with Crippen molar-refractivity contribution in [1.29, 1.82) is 0 Å². The van der Waals surface area contributed by atoms with Crippen LogP contribution in [0.3, 0.4) is 0 Å². The number of anilines is 1. The van der Waals surface area contributed by atoms with E-state index in [9.17, 15) is 4.79 Å². The summed E-state index contributed by atoms with van der Waals surface area (Å²) in [4.78, 5) is 11.9. The smallest absolute Gasteiger partial charge is 0.247 e. The van der Waals surface area contributed by atoms with Crippen LogP contribution in [0.2, 0.25) is 0 Å². The first-order valence-corrected chi connectivity index (χ1v) is 6.01. The molecule has 1 heterocycles. The quantitative estimate of drug-likeness (QED) is 0.871. The molecule has 1 aromatic carbocycles. The maximum absolute atomic E-state index is 11.9. The van der Waals surface area contributed by atoms with E-state index in [0.29, 0.717) is 11.6 Å². The molecule has 0 spiro atoms. The molecule has 2 aromatic rings. The zero-order valence-electron chi connectivity index (χ0n) is 10.8. The first-order chi connectivity index (χ1) is 9.08. The van der Waals surface area contributed by atoms with E-state index in [4.69, 9.17) is 10.2 Å². The van der Waals surface area contributed by atoms with Gasteiger partial charge < -0.3 is 15.5 Å². The van der Waals surface area contributed by atoms with E-state index < -0.39 is 6.04 Å². The van der Waals surface area contributed by atoms with Crippen molar-refractivity contribution in [3.63, 3.8) is 0 Å². The van der Waals surface area contributed by atoms with E-state index >= 15 is 0 Å². The van der Waals surface area contributed by atoms with Crippen molar-refractivity contribution in [2.75, 3.05) is 5.32 Å². The summed E-state index contributed by atoms with van der Waals surface area (Å²) in [5.41, 5.74) is 7.18. The van der Waals surface area contributed by atoms with Crippen LogP contribution in [0.15, 0.2) is 35.1 Å². The van der Waals surface area contributed by atoms with Gasteiger partial charge in [-0.05, 0) is 24.1 Å². The topological polar surface area (TPSA) is 94.0 Å². The number of nitrogens with one attached hydrogen (secondary N) is 1. The first kappa shape index (κ1) is 13.2. The number of aromatic nitrogens is 2. The van der Waals surface area contributed by atoms with Crippen molar-refractivity contribution in [3.8, 4) is 11.5 Å². The number of hydrogen-bond donors (Lipinski definition) is 2. The minimum atomic E-state index is -0.535.